The maximum atomic E-state index is 10.2. The van der Waals surface area contributed by atoms with Crippen LogP contribution in [-0.2, 0) is 9.53 Å². The fraction of sp³-hybridized carbons (Fsp3) is 0.182. The van der Waals surface area contributed by atoms with Gasteiger partial charge in [0, 0.05) is 6.42 Å². The van der Waals surface area contributed by atoms with Gasteiger partial charge in [-0.05, 0) is 5.56 Å². The zero-order valence-electron chi connectivity index (χ0n) is 7.35. The molecule has 0 aromatic heterocycles. The smallest absolute Gasteiger partial charge is 0.293 e. The Kier molecular flexibility index (Phi) is 3.76. The van der Waals surface area contributed by atoms with Gasteiger partial charge < -0.3 is 4.74 Å². The van der Waals surface area contributed by atoms with Gasteiger partial charge in [0.25, 0.3) is 6.47 Å². The third kappa shape index (κ3) is 2.75. The van der Waals surface area contributed by atoms with Gasteiger partial charge in [0.05, 0.1) is 0 Å². The average Bonchev–Trinajstić information content (AvgIpc) is 2.19. The molecule has 0 fully saturated rings. The molecular weight excluding hydrogens is 164 g/mol. The number of rotatable bonds is 5. The summed E-state index contributed by atoms with van der Waals surface area (Å²) in [5.74, 6) is 0. The molecule has 0 radical (unpaired) electrons. The van der Waals surface area contributed by atoms with Crippen LogP contribution in [0, 0.1) is 0 Å². The zero-order valence-corrected chi connectivity index (χ0v) is 7.35. The molecule has 0 aliphatic carbocycles. The van der Waals surface area contributed by atoms with Gasteiger partial charge in [-0.15, -0.1) is 6.58 Å². The first-order chi connectivity index (χ1) is 6.38. The van der Waals surface area contributed by atoms with Crippen LogP contribution >= 0.6 is 0 Å². The third-order valence-corrected chi connectivity index (χ3v) is 1.77. The molecule has 0 saturated carbocycles. The minimum Gasteiger partial charge on any atom is -0.459 e. The molecule has 1 rings (SSSR count). The molecule has 0 spiro atoms. The van der Waals surface area contributed by atoms with Crippen LogP contribution in [0.25, 0.3) is 0 Å². The van der Waals surface area contributed by atoms with Crippen molar-refractivity contribution in [3.63, 3.8) is 0 Å². The topological polar surface area (TPSA) is 26.3 Å². The van der Waals surface area contributed by atoms with Crippen molar-refractivity contribution in [3.05, 3.63) is 48.6 Å². The Bertz CT molecular complexity index is 257. The van der Waals surface area contributed by atoms with Gasteiger partial charge in [-0.25, -0.2) is 0 Å². The number of hydrogen-bond acceptors (Lipinski definition) is 2. The molecule has 0 amide bonds. The minimum absolute atomic E-state index is 0.198. The predicted molar refractivity (Wildman–Crippen MR) is 51.1 cm³/mol. The Morgan fingerprint density at radius 1 is 1.38 bits per heavy atom. The van der Waals surface area contributed by atoms with Crippen LogP contribution in [0.1, 0.15) is 18.1 Å². The zero-order chi connectivity index (χ0) is 9.52. The molecule has 1 atom stereocenters. The molecule has 68 valence electrons. The number of ether oxygens (including phenoxy) is 1. The standard InChI is InChI=1S/C11H12O2/c1-2-6-11(13-9-12)10-7-4-3-5-8-10/h2-5,7-9,11H,1,6H2. The van der Waals surface area contributed by atoms with E-state index in [1.165, 1.54) is 0 Å². The van der Waals surface area contributed by atoms with Crippen molar-refractivity contribution >= 4 is 6.47 Å². The molecular formula is C11H12O2. The van der Waals surface area contributed by atoms with Crippen molar-refractivity contribution in [2.75, 3.05) is 0 Å². The highest BCUT2D eigenvalue weighted by Gasteiger charge is 2.08. The number of benzene rings is 1. The van der Waals surface area contributed by atoms with Gasteiger partial charge >= 0.3 is 0 Å². The maximum absolute atomic E-state index is 10.2. The van der Waals surface area contributed by atoms with E-state index >= 15 is 0 Å². The number of carbonyl (C=O) groups excluding carboxylic acids is 1. The van der Waals surface area contributed by atoms with E-state index in [1.54, 1.807) is 6.08 Å². The summed E-state index contributed by atoms with van der Waals surface area (Å²) in [5, 5.41) is 0. The molecule has 1 aromatic rings. The lowest BCUT2D eigenvalue weighted by molar-refractivity contribution is -0.133. The van der Waals surface area contributed by atoms with Gasteiger partial charge in [-0.2, -0.15) is 0 Å². The Balaban J connectivity index is 2.75. The second kappa shape index (κ2) is 5.14. The molecule has 0 bridgehead atoms. The highest BCUT2D eigenvalue weighted by Crippen LogP contribution is 2.19. The van der Waals surface area contributed by atoms with Crippen molar-refractivity contribution in [1.29, 1.82) is 0 Å². The first-order valence-corrected chi connectivity index (χ1v) is 4.13. The second-order valence-corrected chi connectivity index (χ2v) is 2.66. The molecule has 0 aliphatic rings. The van der Waals surface area contributed by atoms with Crippen LogP contribution in [-0.4, -0.2) is 6.47 Å². The monoisotopic (exact) mass is 176 g/mol. The van der Waals surface area contributed by atoms with Gasteiger partial charge in [0.1, 0.15) is 6.10 Å². The molecule has 0 N–H and O–H groups in total. The Morgan fingerprint density at radius 3 is 2.62 bits per heavy atom. The second-order valence-electron chi connectivity index (χ2n) is 2.66. The molecule has 0 heterocycles. The van der Waals surface area contributed by atoms with Crippen molar-refractivity contribution in [2.45, 2.75) is 12.5 Å². The van der Waals surface area contributed by atoms with E-state index in [0.717, 1.165) is 5.56 Å². The van der Waals surface area contributed by atoms with Crippen LogP contribution in [0.3, 0.4) is 0 Å². The highest BCUT2D eigenvalue weighted by molar-refractivity contribution is 5.38. The van der Waals surface area contributed by atoms with E-state index in [-0.39, 0.29) is 6.10 Å². The van der Waals surface area contributed by atoms with Crippen molar-refractivity contribution in [1.82, 2.24) is 0 Å². The van der Waals surface area contributed by atoms with Crippen molar-refractivity contribution < 1.29 is 9.53 Å². The molecule has 0 saturated heterocycles. The molecule has 0 aliphatic heterocycles. The first kappa shape index (κ1) is 9.52. The summed E-state index contributed by atoms with van der Waals surface area (Å²) in [6.07, 6.45) is 2.18. The average molecular weight is 176 g/mol. The van der Waals surface area contributed by atoms with Crippen molar-refractivity contribution in [3.8, 4) is 0 Å². The van der Waals surface area contributed by atoms with Gasteiger partial charge in [-0.1, -0.05) is 36.4 Å². The van der Waals surface area contributed by atoms with E-state index in [0.29, 0.717) is 12.9 Å². The molecule has 2 nitrogen and oxygen atoms in total. The summed E-state index contributed by atoms with van der Waals surface area (Å²) in [7, 11) is 0. The first-order valence-electron chi connectivity index (χ1n) is 4.13. The summed E-state index contributed by atoms with van der Waals surface area (Å²) >= 11 is 0. The predicted octanol–water partition coefficient (Wildman–Crippen LogP) is 2.48. The summed E-state index contributed by atoms with van der Waals surface area (Å²) in [4.78, 5) is 10.2. The lowest BCUT2D eigenvalue weighted by atomic mass is 10.1. The largest absolute Gasteiger partial charge is 0.459 e. The van der Waals surface area contributed by atoms with E-state index in [4.69, 9.17) is 4.74 Å². The van der Waals surface area contributed by atoms with E-state index in [1.807, 2.05) is 30.3 Å². The van der Waals surface area contributed by atoms with Crippen LogP contribution < -0.4 is 0 Å². The summed E-state index contributed by atoms with van der Waals surface area (Å²) < 4.78 is 4.92. The lowest BCUT2D eigenvalue weighted by Gasteiger charge is -2.12. The molecule has 1 aromatic carbocycles. The molecule has 1 unspecified atom stereocenters. The van der Waals surface area contributed by atoms with Crippen LogP contribution in [0.5, 0.6) is 0 Å². The van der Waals surface area contributed by atoms with Crippen molar-refractivity contribution in [2.24, 2.45) is 0 Å². The Morgan fingerprint density at radius 2 is 2.08 bits per heavy atom. The Hall–Kier alpha value is -1.57. The maximum Gasteiger partial charge on any atom is 0.293 e. The van der Waals surface area contributed by atoms with Gasteiger partial charge in [0.2, 0.25) is 0 Å². The van der Waals surface area contributed by atoms with E-state index in [2.05, 4.69) is 6.58 Å². The summed E-state index contributed by atoms with van der Waals surface area (Å²) in [6, 6.07) is 9.61. The van der Waals surface area contributed by atoms with Gasteiger partial charge in [0.15, 0.2) is 0 Å². The van der Waals surface area contributed by atoms with Crippen LogP contribution in [0.15, 0.2) is 43.0 Å². The summed E-state index contributed by atoms with van der Waals surface area (Å²) in [5.41, 5.74) is 0.995. The molecule has 2 heteroatoms. The van der Waals surface area contributed by atoms with E-state index < -0.39 is 0 Å². The van der Waals surface area contributed by atoms with Crippen LogP contribution in [0.4, 0.5) is 0 Å². The normalized spacial score (nSPS) is 11.7. The fourth-order valence-corrected chi connectivity index (χ4v) is 1.16. The summed E-state index contributed by atoms with van der Waals surface area (Å²) in [6.45, 7) is 4.09. The van der Waals surface area contributed by atoms with E-state index in [9.17, 15) is 4.79 Å². The highest BCUT2D eigenvalue weighted by atomic mass is 16.5. The SMILES string of the molecule is C=CCC(OC=O)c1ccccc1. The van der Waals surface area contributed by atoms with Gasteiger partial charge in [-0.3, -0.25) is 4.79 Å². The number of carbonyl (C=O) groups is 1. The number of hydrogen-bond donors (Lipinski definition) is 0. The Labute approximate surface area is 77.8 Å². The minimum atomic E-state index is -0.198. The lowest BCUT2D eigenvalue weighted by Crippen LogP contribution is -2.01. The fourth-order valence-electron chi connectivity index (χ4n) is 1.16. The van der Waals surface area contributed by atoms with Crippen LogP contribution in [0.2, 0.25) is 0 Å². The quantitative estimate of drug-likeness (QED) is 0.509. The molecule has 13 heavy (non-hydrogen) atoms. The third-order valence-electron chi connectivity index (χ3n) is 1.77.